The monoisotopic (exact) mass is 298 g/mol. The summed E-state index contributed by atoms with van der Waals surface area (Å²) in [5.41, 5.74) is 0. The molecule has 0 spiro atoms. The van der Waals surface area contributed by atoms with Gasteiger partial charge in [0.25, 0.3) is 0 Å². The standard InChI is InChI=1S/C8H10O10S/c9-5(10)1-3-7(13)17-19(15,16)18-8(14)4-2-6(11)12/h1-4H2,(H,9,10)(H,11,12). The number of carbonyl (C=O) groups is 4. The lowest BCUT2D eigenvalue weighted by Gasteiger charge is -2.04. The normalized spacial score (nSPS) is 10.5. The highest BCUT2D eigenvalue weighted by molar-refractivity contribution is 7.82. The molecule has 0 aromatic carbocycles. The summed E-state index contributed by atoms with van der Waals surface area (Å²) in [5, 5.41) is 16.5. The number of aliphatic carboxylic acids is 2. The molecule has 10 nitrogen and oxygen atoms in total. The van der Waals surface area contributed by atoms with Gasteiger partial charge in [0.05, 0.1) is 25.7 Å². The number of hydrogen-bond acceptors (Lipinski definition) is 8. The molecule has 0 aliphatic heterocycles. The molecule has 0 bridgehead atoms. The Hall–Kier alpha value is -2.17. The fourth-order valence-corrected chi connectivity index (χ4v) is 1.40. The van der Waals surface area contributed by atoms with E-state index >= 15 is 0 Å². The van der Waals surface area contributed by atoms with E-state index in [1.165, 1.54) is 0 Å². The van der Waals surface area contributed by atoms with Crippen molar-refractivity contribution in [1.29, 1.82) is 0 Å². The largest absolute Gasteiger partial charge is 0.506 e. The first-order chi connectivity index (χ1) is 8.62. The first-order valence-corrected chi connectivity index (χ1v) is 6.09. The van der Waals surface area contributed by atoms with Crippen LogP contribution in [0.3, 0.4) is 0 Å². The Morgan fingerprint density at radius 2 is 1.05 bits per heavy atom. The summed E-state index contributed by atoms with van der Waals surface area (Å²) in [4.78, 5) is 41.9. The van der Waals surface area contributed by atoms with Gasteiger partial charge in [0, 0.05) is 0 Å². The van der Waals surface area contributed by atoms with E-state index in [4.69, 9.17) is 10.2 Å². The highest BCUT2D eigenvalue weighted by Gasteiger charge is 2.23. The van der Waals surface area contributed by atoms with Crippen LogP contribution in [0.25, 0.3) is 0 Å². The number of carboxylic acid groups (broad SMARTS) is 2. The highest BCUT2D eigenvalue weighted by Crippen LogP contribution is 2.04. The maximum Gasteiger partial charge on any atom is 0.506 e. The number of carboxylic acids is 2. The third kappa shape index (κ3) is 9.52. The lowest BCUT2D eigenvalue weighted by Crippen LogP contribution is -2.20. The second-order valence-corrected chi connectivity index (χ2v) is 4.26. The van der Waals surface area contributed by atoms with Crippen LogP contribution in [0.5, 0.6) is 0 Å². The summed E-state index contributed by atoms with van der Waals surface area (Å²) >= 11 is 0. The van der Waals surface area contributed by atoms with Gasteiger partial charge in [0.15, 0.2) is 0 Å². The maximum atomic E-state index is 11.0. The van der Waals surface area contributed by atoms with E-state index in [0.717, 1.165) is 0 Å². The summed E-state index contributed by atoms with van der Waals surface area (Å²) in [6.45, 7) is 0. The molecule has 0 atom stereocenters. The fourth-order valence-electron chi connectivity index (χ4n) is 0.746. The van der Waals surface area contributed by atoms with Gasteiger partial charge in [-0.1, -0.05) is 0 Å². The lowest BCUT2D eigenvalue weighted by molar-refractivity contribution is -0.144. The van der Waals surface area contributed by atoms with Gasteiger partial charge < -0.3 is 18.6 Å². The third-order valence-corrected chi connectivity index (χ3v) is 2.26. The molecule has 0 saturated carbocycles. The number of rotatable bonds is 8. The molecular weight excluding hydrogens is 288 g/mol. The van der Waals surface area contributed by atoms with E-state index < -0.39 is 60.0 Å². The van der Waals surface area contributed by atoms with Crippen LogP contribution in [0.15, 0.2) is 0 Å². The van der Waals surface area contributed by atoms with Gasteiger partial charge in [-0.25, -0.2) is 0 Å². The van der Waals surface area contributed by atoms with E-state index in [9.17, 15) is 27.6 Å². The van der Waals surface area contributed by atoms with Gasteiger partial charge in [0.2, 0.25) is 0 Å². The van der Waals surface area contributed by atoms with Gasteiger partial charge in [0.1, 0.15) is 0 Å². The molecule has 0 aliphatic rings. The minimum atomic E-state index is -4.96. The van der Waals surface area contributed by atoms with Crippen LogP contribution in [-0.4, -0.2) is 42.5 Å². The Labute approximate surface area is 107 Å². The van der Waals surface area contributed by atoms with E-state index in [2.05, 4.69) is 8.37 Å². The summed E-state index contributed by atoms with van der Waals surface area (Å²) in [6.07, 6.45) is -2.74. The molecule has 11 heteroatoms. The van der Waals surface area contributed by atoms with Crippen molar-refractivity contribution in [2.75, 3.05) is 0 Å². The predicted octanol–water partition coefficient (Wildman–Crippen LogP) is -0.953. The Morgan fingerprint density at radius 1 is 0.737 bits per heavy atom. The van der Waals surface area contributed by atoms with Crippen molar-refractivity contribution in [3.05, 3.63) is 0 Å². The van der Waals surface area contributed by atoms with Crippen LogP contribution < -0.4 is 0 Å². The summed E-state index contributed by atoms with van der Waals surface area (Å²) < 4.78 is 29.4. The number of carbonyl (C=O) groups excluding carboxylic acids is 2. The molecule has 0 radical (unpaired) electrons. The number of hydrogen-bond donors (Lipinski definition) is 2. The van der Waals surface area contributed by atoms with Crippen molar-refractivity contribution in [2.45, 2.75) is 25.7 Å². The Balaban J connectivity index is 4.24. The van der Waals surface area contributed by atoms with Crippen LogP contribution in [0, 0.1) is 0 Å². The first-order valence-electron chi connectivity index (χ1n) is 4.75. The summed E-state index contributed by atoms with van der Waals surface area (Å²) in [6, 6.07) is 0. The SMILES string of the molecule is O=C(O)CCC(=O)OS(=O)(=O)OC(=O)CCC(=O)O. The van der Waals surface area contributed by atoms with Crippen LogP contribution in [-0.2, 0) is 37.9 Å². The molecule has 0 unspecified atom stereocenters. The van der Waals surface area contributed by atoms with E-state index in [1.54, 1.807) is 0 Å². The van der Waals surface area contributed by atoms with Gasteiger partial charge in [-0.2, -0.15) is 0 Å². The zero-order chi connectivity index (χ0) is 15.1. The second-order valence-electron chi connectivity index (χ2n) is 3.11. The minimum Gasteiger partial charge on any atom is -0.481 e. The van der Waals surface area contributed by atoms with Crippen molar-refractivity contribution >= 4 is 34.3 Å². The lowest BCUT2D eigenvalue weighted by atomic mass is 10.3. The molecule has 19 heavy (non-hydrogen) atoms. The molecule has 0 heterocycles. The van der Waals surface area contributed by atoms with Crippen molar-refractivity contribution in [3.63, 3.8) is 0 Å². The fraction of sp³-hybridized carbons (Fsp3) is 0.500. The van der Waals surface area contributed by atoms with Crippen molar-refractivity contribution in [2.24, 2.45) is 0 Å². The van der Waals surface area contributed by atoms with Gasteiger partial charge in [-0.3, -0.25) is 19.2 Å². The zero-order valence-corrected chi connectivity index (χ0v) is 10.2. The van der Waals surface area contributed by atoms with Crippen LogP contribution >= 0.6 is 0 Å². The summed E-state index contributed by atoms with van der Waals surface area (Å²) in [5.74, 6) is -5.50. The molecule has 0 amide bonds. The van der Waals surface area contributed by atoms with Crippen molar-refractivity contribution in [3.8, 4) is 0 Å². The Kier molecular flexibility index (Phi) is 6.47. The maximum absolute atomic E-state index is 11.0. The third-order valence-electron chi connectivity index (χ3n) is 1.48. The van der Waals surface area contributed by atoms with Gasteiger partial charge in [-0.15, -0.1) is 8.42 Å². The molecule has 0 aliphatic carbocycles. The van der Waals surface area contributed by atoms with Crippen molar-refractivity contribution < 1.29 is 46.2 Å². The minimum absolute atomic E-state index is 0.651. The molecule has 108 valence electrons. The second kappa shape index (κ2) is 7.31. The smallest absolute Gasteiger partial charge is 0.481 e. The first kappa shape index (κ1) is 16.8. The summed E-state index contributed by atoms with van der Waals surface area (Å²) in [7, 11) is -4.96. The molecule has 2 N–H and O–H groups in total. The van der Waals surface area contributed by atoms with Crippen LogP contribution in [0.1, 0.15) is 25.7 Å². The molecule has 0 rings (SSSR count). The topological polar surface area (TPSA) is 161 Å². The molecular formula is C8H10O10S. The van der Waals surface area contributed by atoms with E-state index in [-0.39, 0.29) is 0 Å². The molecule has 0 aromatic rings. The van der Waals surface area contributed by atoms with Gasteiger partial charge >= 0.3 is 34.3 Å². The van der Waals surface area contributed by atoms with Crippen LogP contribution in [0.4, 0.5) is 0 Å². The highest BCUT2D eigenvalue weighted by atomic mass is 32.3. The predicted molar refractivity (Wildman–Crippen MR) is 54.8 cm³/mol. The Bertz CT molecular complexity index is 438. The zero-order valence-electron chi connectivity index (χ0n) is 9.40. The van der Waals surface area contributed by atoms with Gasteiger partial charge in [-0.05, 0) is 0 Å². The average molecular weight is 298 g/mol. The van der Waals surface area contributed by atoms with Crippen molar-refractivity contribution in [1.82, 2.24) is 0 Å². The molecule has 0 fully saturated rings. The molecule has 0 aromatic heterocycles. The quantitative estimate of drug-likeness (QED) is 0.571. The van der Waals surface area contributed by atoms with E-state index in [0.29, 0.717) is 0 Å². The van der Waals surface area contributed by atoms with E-state index in [1.807, 2.05) is 0 Å². The van der Waals surface area contributed by atoms with Crippen LogP contribution in [0.2, 0.25) is 0 Å². The molecule has 0 saturated heterocycles. The average Bonchev–Trinajstić information content (AvgIpc) is 2.22. The Morgan fingerprint density at radius 3 is 1.32 bits per heavy atom.